The fraction of sp³-hybridized carbons (Fsp3) is 0.167. The predicted molar refractivity (Wildman–Crippen MR) is 66.2 cm³/mol. The zero-order chi connectivity index (χ0) is 12.0. The van der Waals surface area contributed by atoms with Gasteiger partial charge in [0.15, 0.2) is 0 Å². The van der Waals surface area contributed by atoms with Gasteiger partial charge in [-0.05, 0) is 5.56 Å². The van der Waals surface area contributed by atoms with Crippen LogP contribution in [0.2, 0.25) is 0 Å². The maximum atomic E-state index is 11.2. The van der Waals surface area contributed by atoms with Gasteiger partial charge >= 0.3 is 39.2 Å². The Morgan fingerprint density at radius 3 is 2.35 bits per heavy atom. The third kappa shape index (κ3) is 6.20. The van der Waals surface area contributed by atoms with E-state index in [0.717, 1.165) is 5.56 Å². The van der Waals surface area contributed by atoms with E-state index in [1.807, 2.05) is 30.3 Å². The molecule has 0 bridgehead atoms. The van der Waals surface area contributed by atoms with Crippen molar-refractivity contribution in [3.05, 3.63) is 48.0 Å². The van der Waals surface area contributed by atoms with Gasteiger partial charge < -0.3 is 9.84 Å². The molecule has 0 aliphatic heterocycles. The van der Waals surface area contributed by atoms with E-state index in [0.29, 0.717) is 0 Å². The van der Waals surface area contributed by atoms with E-state index in [1.54, 1.807) is 0 Å². The summed E-state index contributed by atoms with van der Waals surface area (Å²) in [5.41, 5.74) is 0.690. The first kappa shape index (κ1) is 15.8. The number of carbonyl (C=O) groups is 2. The average molecular weight is 429 g/mol. The quantitative estimate of drug-likeness (QED) is 0.428. The number of rotatable bonds is 5. The van der Waals surface area contributed by atoms with Crippen molar-refractivity contribution >= 4 is 39.2 Å². The number of carboxylic acids is 1. The van der Waals surface area contributed by atoms with Crippen LogP contribution >= 0.6 is 0 Å². The van der Waals surface area contributed by atoms with Crippen molar-refractivity contribution in [1.82, 2.24) is 0 Å². The topological polar surface area (TPSA) is 63.6 Å². The molecule has 1 aromatic rings. The molecule has 0 heterocycles. The van der Waals surface area contributed by atoms with Gasteiger partial charge in [0.05, 0.1) is 6.42 Å². The molecule has 0 saturated carbocycles. The van der Waals surface area contributed by atoms with Gasteiger partial charge in [0.1, 0.15) is 6.61 Å². The Labute approximate surface area is 119 Å². The second-order valence-corrected chi connectivity index (χ2v) is 3.23. The number of hydrogen-bond acceptors (Lipinski definition) is 3. The normalized spacial score (nSPS) is 8.94. The average Bonchev–Trinajstić information content (AvgIpc) is 2.27. The van der Waals surface area contributed by atoms with E-state index in [2.05, 4.69) is 6.58 Å². The van der Waals surface area contributed by atoms with Gasteiger partial charge in [-0.2, -0.15) is 0 Å². The molecule has 1 rings (SSSR count). The summed E-state index contributed by atoms with van der Waals surface area (Å²) in [7, 11) is 0. The summed E-state index contributed by atoms with van der Waals surface area (Å²) in [5, 5.41) is 8.51. The van der Waals surface area contributed by atoms with Gasteiger partial charge in [0.2, 0.25) is 0 Å². The van der Waals surface area contributed by atoms with E-state index in [4.69, 9.17) is 9.84 Å². The van der Waals surface area contributed by atoms with Gasteiger partial charge in [-0.25, -0.2) is 4.79 Å². The number of esters is 1. The van der Waals surface area contributed by atoms with Crippen LogP contribution in [0.1, 0.15) is 12.0 Å². The number of hydrogen-bond donors (Lipinski definition) is 1. The Kier molecular flexibility index (Phi) is 7.44. The van der Waals surface area contributed by atoms with Crippen molar-refractivity contribution in [2.45, 2.75) is 13.0 Å². The second kappa shape index (κ2) is 7.99. The first-order valence-electron chi connectivity index (χ1n) is 4.70. The Hall–Kier alpha value is -1.18. The Bertz CT molecular complexity index is 400. The molecule has 1 aromatic carbocycles. The Morgan fingerprint density at radius 1 is 1.24 bits per heavy atom. The van der Waals surface area contributed by atoms with Gasteiger partial charge in [-0.15, -0.1) is 0 Å². The van der Waals surface area contributed by atoms with Gasteiger partial charge in [0.25, 0.3) is 0 Å². The van der Waals surface area contributed by atoms with Crippen molar-refractivity contribution in [1.29, 1.82) is 0 Å². The first-order chi connectivity index (χ1) is 7.59. The molecule has 0 aliphatic rings. The summed E-state index contributed by atoms with van der Waals surface area (Å²) < 4.78 is 4.89. The molecule has 2 radical (unpaired) electrons. The summed E-state index contributed by atoms with van der Waals surface area (Å²) in [4.78, 5) is 21.6. The molecule has 0 unspecified atom stereocenters. The number of carboxylic acid groups (broad SMARTS) is 1. The van der Waals surface area contributed by atoms with Crippen LogP contribution in [0.5, 0.6) is 0 Å². The van der Waals surface area contributed by atoms with E-state index in [-0.39, 0.29) is 45.9 Å². The minimum atomic E-state index is -1.18. The first-order valence-corrected chi connectivity index (χ1v) is 4.70. The van der Waals surface area contributed by atoms with Crippen LogP contribution in [0, 0.1) is 0 Å². The van der Waals surface area contributed by atoms with Crippen LogP contribution in [-0.2, 0) is 20.9 Å². The molecule has 0 spiro atoms. The Morgan fingerprint density at radius 2 is 1.82 bits per heavy atom. The van der Waals surface area contributed by atoms with Crippen LogP contribution in [0.25, 0.3) is 0 Å². The molecular formula is C12H14O4Pb. The molecule has 90 valence electrons. The van der Waals surface area contributed by atoms with Crippen LogP contribution in [-0.4, -0.2) is 44.3 Å². The fourth-order valence-electron chi connectivity index (χ4n) is 1.04. The van der Waals surface area contributed by atoms with Crippen LogP contribution < -0.4 is 0 Å². The number of ether oxygens (including phenoxy) is 1. The van der Waals surface area contributed by atoms with Crippen LogP contribution in [0.15, 0.2) is 42.5 Å². The molecule has 0 fully saturated rings. The third-order valence-electron chi connectivity index (χ3n) is 1.90. The molecule has 4 nitrogen and oxygen atoms in total. The number of benzene rings is 1. The summed E-state index contributed by atoms with van der Waals surface area (Å²) >= 11 is 0. The van der Waals surface area contributed by atoms with E-state index in [1.165, 1.54) is 0 Å². The molecule has 0 atom stereocenters. The third-order valence-corrected chi connectivity index (χ3v) is 1.90. The van der Waals surface area contributed by atoms with Gasteiger partial charge in [-0.1, -0.05) is 36.9 Å². The summed E-state index contributed by atoms with van der Waals surface area (Å²) in [6.07, 6.45) is -0.290. The Balaban J connectivity index is 0.00000256. The molecule has 0 aliphatic carbocycles. The second-order valence-electron chi connectivity index (χ2n) is 3.23. The van der Waals surface area contributed by atoms with E-state index < -0.39 is 11.9 Å². The van der Waals surface area contributed by atoms with Crippen molar-refractivity contribution in [3.8, 4) is 0 Å². The summed E-state index contributed by atoms with van der Waals surface area (Å²) in [6.45, 7) is 3.39. The summed E-state index contributed by atoms with van der Waals surface area (Å²) in [5.74, 6) is -1.77. The molecule has 17 heavy (non-hydrogen) atoms. The standard InChI is InChI=1S/C12H12O4.Pb.2H/c1-9(12(14)15)7-11(13)16-8-10-5-3-2-4-6-10;;;/h2-6H,1,7-8H2,(H,14,15);;;. The molecule has 0 aromatic heterocycles. The van der Waals surface area contributed by atoms with E-state index >= 15 is 0 Å². The van der Waals surface area contributed by atoms with Crippen molar-refractivity contribution < 1.29 is 19.4 Å². The van der Waals surface area contributed by atoms with E-state index in [9.17, 15) is 9.59 Å². The monoisotopic (exact) mass is 430 g/mol. The van der Waals surface area contributed by atoms with Gasteiger partial charge in [0, 0.05) is 5.57 Å². The van der Waals surface area contributed by atoms with Crippen molar-refractivity contribution in [3.63, 3.8) is 0 Å². The number of carbonyl (C=O) groups excluding carboxylic acids is 1. The minimum absolute atomic E-state index is 0. The molecule has 0 saturated heterocycles. The fourth-order valence-corrected chi connectivity index (χ4v) is 1.04. The van der Waals surface area contributed by atoms with Crippen LogP contribution in [0.4, 0.5) is 0 Å². The van der Waals surface area contributed by atoms with Crippen molar-refractivity contribution in [2.75, 3.05) is 0 Å². The summed E-state index contributed by atoms with van der Waals surface area (Å²) in [6, 6.07) is 9.16. The molecule has 5 heteroatoms. The van der Waals surface area contributed by atoms with Gasteiger partial charge in [-0.3, -0.25) is 4.79 Å². The molecule has 1 N–H and O–H groups in total. The predicted octanol–water partition coefficient (Wildman–Crippen LogP) is 0.844. The molecule has 0 amide bonds. The zero-order valence-corrected chi connectivity index (χ0v) is 14.9. The SMILES string of the molecule is C=C(CC(=O)OCc1ccccc1)C(=O)O.[PbH2]. The molecular weight excluding hydrogens is 415 g/mol. The van der Waals surface area contributed by atoms with Crippen molar-refractivity contribution in [2.24, 2.45) is 0 Å². The maximum absolute atomic E-state index is 11.2. The van der Waals surface area contributed by atoms with Crippen LogP contribution in [0.3, 0.4) is 0 Å². The zero-order valence-electron chi connectivity index (χ0n) is 9.39. The number of aliphatic carboxylic acids is 1.